The lowest BCUT2D eigenvalue weighted by Crippen LogP contribution is -2.05. The zero-order valence-electron chi connectivity index (χ0n) is 19.0. The highest BCUT2D eigenvalue weighted by Crippen LogP contribution is 2.27. The summed E-state index contributed by atoms with van der Waals surface area (Å²) in [5.74, 6) is 0.471. The fourth-order valence-corrected chi connectivity index (χ4v) is 3.76. The summed E-state index contributed by atoms with van der Waals surface area (Å²) >= 11 is 0. The maximum absolute atomic E-state index is 12.0. The van der Waals surface area contributed by atoms with Gasteiger partial charge in [-0.15, -0.1) is 0 Å². The van der Waals surface area contributed by atoms with Gasteiger partial charge in [0.25, 0.3) is 0 Å². The number of pyridine rings is 2. The van der Waals surface area contributed by atoms with Crippen molar-refractivity contribution in [2.24, 2.45) is 0 Å². The predicted octanol–water partition coefficient (Wildman–Crippen LogP) is 4.83. The van der Waals surface area contributed by atoms with Gasteiger partial charge in [0.1, 0.15) is 18.1 Å². The van der Waals surface area contributed by atoms with Crippen molar-refractivity contribution < 1.29 is 19.4 Å². The predicted molar refractivity (Wildman–Crippen MR) is 131 cm³/mol. The first-order valence-electron chi connectivity index (χ1n) is 11.0. The summed E-state index contributed by atoms with van der Waals surface area (Å²) in [5, 5.41) is 14.7. The van der Waals surface area contributed by atoms with Gasteiger partial charge in [0.2, 0.25) is 0 Å². The second-order valence-electron chi connectivity index (χ2n) is 7.92. The van der Waals surface area contributed by atoms with Crippen LogP contribution in [0.1, 0.15) is 21.5 Å². The zero-order valence-corrected chi connectivity index (χ0v) is 19.0. The summed E-state index contributed by atoms with van der Waals surface area (Å²) in [6.07, 6.45) is 4.97. The number of carbonyl (C=O) groups is 1. The molecule has 0 saturated heterocycles. The Balaban J connectivity index is 1.41. The Morgan fingerprint density at radius 1 is 0.943 bits per heavy atom. The van der Waals surface area contributed by atoms with E-state index >= 15 is 0 Å². The summed E-state index contributed by atoms with van der Waals surface area (Å²) in [5.41, 5.74) is 4.02. The number of rotatable bonds is 8. The summed E-state index contributed by atoms with van der Waals surface area (Å²) in [4.78, 5) is 20.8. The maximum Gasteiger partial charge on any atom is 0.336 e. The molecule has 8 nitrogen and oxygen atoms in total. The Morgan fingerprint density at radius 3 is 2.34 bits per heavy atom. The van der Waals surface area contributed by atoms with Crippen molar-refractivity contribution in [3.8, 4) is 22.8 Å². The molecule has 35 heavy (non-hydrogen) atoms. The van der Waals surface area contributed by atoms with E-state index in [9.17, 15) is 9.90 Å². The number of carboxylic acids is 1. The number of carboxylic acid groups (broad SMARTS) is 1. The van der Waals surface area contributed by atoms with Crippen LogP contribution >= 0.6 is 0 Å². The molecule has 174 valence electrons. The third kappa shape index (κ3) is 4.81. The number of ether oxygens (including phenoxy) is 2. The zero-order chi connectivity index (χ0) is 24.2. The number of fused-ring (bicyclic) bond motifs is 1. The highest BCUT2D eigenvalue weighted by molar-refractivity contribution is 6.02. The number of nitrogens with zero attached hydrogens (tertiary/aromatic N) is 4. The first-order chi connectivity index (χ1) is 17.1. The van der Waals surface area contributed by atoms with Crippen LogP contribution in [-0.4, -0.2) is 37.9 Å². The summed E-state index contributed by atoms with van der Waals surface area (Å²) in [6, 6.07) is 20.5. The Bertz CT molecular complexity index is 1460. The molecule has 0 fully saturated rings. The molecule has 0 spiro atoms. The molecule has 0 saturated carbocycles. The van der Waals surface area contributed by atoms with Crippen molar-refractivity contribution in [3.63, 3.8) is 0 Å². The van der Waals surface area contributed by atoms with Crippen molar-refractivity contribution in [3.05, 3.63) is 102 Å². The Morgan fingerprint density at radius 2 is 1.66 bits per heavy atom. The number of benzene rings is 2. The molecular formula is C27H22N4O4. The first-order valence-corrected chi connectivity index (χ1v) is 11.0. The first kappa shape index (κ1) is 22.1. The van der Waals surface area contributed by atoms with Gasteiger partial charge in [-0.1, -0.05) is 12.1 Å². The molecule has 5 aromatic rings. The minimum Gasteiger partial charge on any atom is -0.497 e. The molecule has 1 N–H and O–H groups in total. The van der Waals surface area contributed by atoms with Crippen molar-refractivity contribution in [1.82, 2.24) is 19.7 Å². The van der Waals surface area contributed by atoms with Crippen molar-refractivity contribution in [1.29, 1.82) is 0 Å². The van der Waals surface area contributed by atoms with E-state index in [0.29, 0.717) is 35.6 Å². The molecule has 5 rings (SSSR count). The number of aromatic nitrogens is 4. The van der Waals surface area contributed by atoms with E-state index in [2.05, 4.69) is 10.1 Å². The lowest BCUT2D eigenvalue weighted by atomic mass is 10.1. The fourth-order valence-electron chi connectivity index (χ4n) is 3.76. The van der Waals surface area contributed by atoms with Crippen LogP contribution in [0.2, 0.25) is 0 Å². The number of methoxy groups -OCH3 is 1. The molecule has 3 aromatic heterocycles. The normalized spacial score (nSPS) is 10.9. The van der Waals surface area contributed by atoms with Gasteiger partial charge in [-0.05, 0) is 65.7 Å². The monoisotopic (exact) mass is 466 g/mol. The van der Waals surface area contributed by atoms with Gasteiger partial charge in [0.15, 0.2) is 5.65 Å². The van der Waals surface area contributed by atoms with Crippen LogP contribution in [0.4, 0.5) is 0 Å². The standard InChI is InChI=1S/C27H22N4O4/c1-34-21-6-2-19(3-7-21)17-35-22-8-4-20(5-9-22)25-14-23(27(32)33)24-15-29-31(26(24)30-25)16-18-10-12-28-13-11-18/h2-15H,16-17H2,1H3,(H,32,33). The lowest BCUT2D eigenvalue weighted by Gasteiger charge is -2.09. The van der Waals surface area contributed by atoms with E-state index in [4.69, 9.17) is 14.5 Å². The molecule has 0 unspecified atom stereocenters. The van der Waals surface area contributed by atoms with Crippen molar-refractivity contribution >= 4 is 17.0 Å². The topological polar surface area (TPSA) is 99.4 Å². The Kier molecular flexibility index (Phi) is 6.09. The maximum atomic E-state index is 12.0. The number of hydrogen-bond donors (Lipinski definition) is 1. The van der Waals surface area contributed by atoms with Gasteiger partial charge in [0.05, 0.1) is 36.5 Å². The molecule has 3 heterocycles. The lowest BCUT2D eigenvalue weighted by molar-refractivity contribution is 0.0699. The van der Waals surface area contributed by atoms with Gasteiger partial charge in [-0.3, -0.25) is 4.98 Å². The smallest absolute Gasteiger partial charge is 0.336 e. The molecule has 0 atom stereocenters. The Labute approximate surface area is 201 Å². The minimum absolute atomic E-state index is 0.158. The average molecular weight is 466 g/mol. The molecule has 0 aliphatic heterocycles. The molecular weight excluding hydrogens is 444 g/mol. The summed E-state index contributed by atoms with van der Waals surface area (Å²) in [7, 11) is 1.63. The molecule has 0 radical (unpaired) electrons. The van der Waals surface area contributed by atoms with Crippen LogP contribution in [0, 0.1) is 0 Å². The molecule has 0 bridgehead atoms. The third-order valence-corrected chi connectivity index (χ3v) is 5.64. The summed E-state index contributed by atoms with van der Waals surface area (Å²) < 4.78 is 12.8. The van der Waals surface area contributed by atoms with E-state index in [1.54, 1.807) is 36.4 Å². The van der Waals surface area contributed by atoms with Crippen LogP contribution in [0.5, 0.6) is 11.5 Å². The van der Waals surface area contributed by atoms with Crippen LogP contribution in [-0.2, 0) is 13.2 Å². The highest BCUT2D eigenvalue weighted by Gasteiger charge is 2.17. The SMILES string of the molecule is COc1ccc(COc2ccc(-c3cc(C(=O)O)c4cnn(Cc5ccncc5)c4n3)cc2)cc1. The average Bonchev–Trinajstić information content (AvgIpc) is 3.30. The molecule has 0 aliphatic carbocycles. The Hall–Kier alpha value is -4.72. The molecule has 0 amide bonds. The van der Waals surface area contributed by atoms with E-state index < -0.39 is 5.97 Å². The van der Waals surface area contributed by atoms with E-state index in [0.717, 1.165) is 22.4 Å². The van der Waals surface area contributed by atoms with E-state index in [1.807, 2.05) is 60.7 Å². The largest absolute Gasteiger partial charge is 0.497 e. The quantitative estimate of drug-likeness (QED) is 0.350. The third-order valence-electron chi connectivity index (χ3n) is 5.64. The number of hydrogen-bond acceptors (Lipinski definition) is 6. The van der Waals surface area contributed by atoms with Gasteiger partial charge in [-0.2, -0.15) is 5.10 Å². The van der Waals surface area contributed by atoms with Crippen LogP contribution in [0.15, 0.2) is 85.3 Å². The summed E-state index contributed by atoms with van der Waals surface area (Å²) in [6.45, 7) is 0.880. The van der Waals surface area contributed by atoms with Crippen LogP contribution < -0.4 is 9.47 Å². The van der Waals surface area contributed by atoms with Gasteiger partial charge >= 0.3 is 5.97 Å². The molecule has 0 aliphatic rings. The van der Waals surface area contributed by atoms with Crippen LogP contribution in [0.25, 0.3) is 22.3 Å². The molecule has 2 aromatic carbocycles. The second kappa shape index (κ2) is 9.64. The second-order valence-corrected chi connectivity index (χ2v) is 7.92. The van der Waals surface area contributed by atoms with Crippen molar-refractivity contribution in [2.75, 3.05) is 7.11 Å². The van der Waals surface area contributed by atoms with Gasteiger partial charge < -0.3 is 14.6 Å². The minimum atomic E-state index is -1.03. The molecule has 8 heteroatoms. The van der Waals surface area contributed by atoms with Crippen LogP contribution in [0.3, 0.4) is 0 Å². The van der Waals surface area contributed by atoms with E-state index in [1.165, 1.54) is 0 Å². The van der Waals surface area contributed by atoms with Gasteiger partial charge in [0, 0.05) is 18.0 Å². The number of aromatic carboxylic acids is 1. The van der Waals surface area contributed by atoms with E-state index in [-0.39, 0.29) is 5.56 Å². The van der Waals surface area contributed by atoms with Gasteiger partial charge in [-0.25, -0.2) is 14.5 Å². The van der Waals surface area contributed by atoms with Crippen molar-refractivity contribution in [2.45, 2.75) is 13.2 Å². The fraction of sp³-hybridized carbons (Fsp3) is 0.111. The highest BCUT2D eigenvalue weighted by atomic mass is 16.5.